The molecule has 3 heteroatoms. The molecule has 2 aromatic carbocycles. The maximum atomic E-state index is 12.0. The number of carbonyl (C=O) groups excluding carboxylic acids is 1. The molecular weight excluding hydrogens is 304 g/mol. The summed E-state index contributed by atoms with van der Waals surface area (Å²) >= 11 is 3.35. The van der Waals surface area contributed by atoms with Crippen molar-refractivity contribution in [3.63, 3.8) is 0 Å². The van der Waals surface area contributed by atoms with E-state index >= 15 is 0 Å². The van der Waals surface area contributed by atoms with Crippen molar-refractivity contribution in [1.29, 1.82) is 0 Å². The number of hydrogen-bond donors (Lipinski definition) is 0. The first-order valence-corrected chi connectivity index (χ1v) is 6.84. The minimum absolute atomic E-state index is 0.0266. The van der Waals surface area contributed by atoms with Crippen LogP contribution in [0.3, 0.4) is 0 Å². The molecule has 2 nitrogen and oxygen atoms in total. The van der Waals surface area contributed by atoms with Gasteiger partial charge in [0.15, 0.2) is 12.4 Å². The zero-order valence-corrected chi connectivity index (χ0v) is 12.5. The SMILES string of the molecule is Cc1ccc(OCC(=O)c2cccc(Br)c2)c(C)c1. The van der Waals surface area contributed by atoms with Gasteiger partial charge in [0, 0.05) is 10.0 Å². The lowest BCUT2D eigenvalue weighted by molar-refractivity contribution is 0.0921. The van der Waals surface area contributed by atoms with Gasteiger partial charge in [0.2, 0.25) is 0 Å². The highest BCUT2D eigenvalue weighted by Crippen LogP contribution is 2.19. The van der Waals surface area contributed by atoms with E-state index in [0.717, 1.165) is 15.8 Å². The second-order valence-corrected chi connectivity index (χ2v) is 5.41. The number of ether oxygens (including phenoxy) is 1. The minimum atomic E-state index is -0.0266. The number of aryl methyl sites for hydroxylation is 2. The van der Waals surface area contributed by atoms with Crippen molar-refractivity contribution in [2.75, 3.05) is 6.61 Å². The van der Waals surface area contributed by atoms with Gasteiger partial charge in [-0.2, -0.15) is 0 Å². The van der Waals surface area contributed by atoms with Crippen LogP contribution in [0.25, 0.3) is 0 Å². The molecule has 0 radical (unpaired) electrons. The number of ketones is 1. The molecule has 0 atom stereocenters. The van der Waals surface area contributed by atoms with Gasteiger partial charge in [-0.1, -0.05) is 45.8 Å². The fourth-order valence-electron chi connectivity index (χ4n) is 1.85. The summed E-state index contributed by atoms with van der Waals surface area (Å²) in [5.41, 5.74) is 2.88. The third-order valence-electron chi connectivity index (χ3n) is 2.84. The third kappa shape index (κ3) is 3.67. The molecule has 0 aliphatic heterocycles. The van der Waals surface area contributed by atoms with E-state index < -0.39 is 0 Å². The topological polar surface area (TPSA) is 26.3 Å². The molecule has 0 N–H and O–H groups in total. The van der Waals surface area contributed by atoms with E-state index in [-0.39, 0.29) is 12.4 Å². The molecule has 0 heterocycles. The van der Waals surface area contributed by atoms with E-state index in [4.69, 9.17) is 4.74 Å². The number of benzene rings is 2. The van der Waals surface area contributed by atoms with Crippen molar-refractivity contribution in [2.45, 2.75) is 13.8 Å². The molecule has 0 saturated heterocycles. The summed E-state index contributed by atoms with van der Waals surface area (Å²) in [7, 11) is 0. The number of carbonyl (C=O) groups is 1. The zero-order chi connectivity index (χ0) is 13.8. The van der Waals surface area contributed by atoms with Crippen LogP contribution < -0.4 is 4.74 Å². The van der Waals surface area contributed by atoms with E-state index in [2.05, 4.69) is 15.9 Å². The standard InChI is InChI=1S/C16H15BrO2/c1-11-6-7-16(12(2)8-11)19-10-15(18)13-4-3-5-14(17)9-13/h3-9H,10H2,1-2H3. The first-order chi connectivity index (χ1) is 9.06. The predicted octanol–water partition coefficient (Wildman–Crippen LogP) is 4.33. The zero-order valence-electron chi connectivity index (χ0n) is 10.9. The Balaban J connectivity index is 2.04. The maximum Gasteiger partial charge on any atom is 0.200 e. The molecule has 0 bridgehead atoms. The summed E-state index contributed by atoms with van der Waals surface area (Å²) < 4.78 is 6.48. The lowest BCUT2D eigenvalue weighted by Crippen LogP contribution is -2.12. The molecule has 19 heavy (non-hydrogen) atoms. The Morgan fingerprint density at radius 2 is 1.95 bits per heavy atom. The number of hydrogen-bond acceptors (Lipinski definition) is 2. The molecule has 0 aromatic heterocycles. The molecule has 0 fully saturated rings. The van der Waals surface area contributed by atoms with Crippen LogP contribution in [-0.2, 0) is 0 Å². The monoisotopic (exact) mass is 318 g/mol. The Morgan fingerprint density at radius 3 is 2.63 bits per heavy atom. The summed E-state index contributed by atoms with van der Waals surface area (Å²) in [6.07, 6.45) is 0. The quantitative estimate of drug-likeness (QED) is 0.784. The summed E-state index contributed by atoms with van der Waals surface area (Å²) in [5.74, 6) is 0.732. The van der Waals surface area contributed by atoms with Crippen molar-refractivity contribution in [3.05, 3.63) is 63.6 Å². The van der Waals surface area contributed by atoms with Crippen LogP contribution in [0.1, 0.15) is 21.5 Å². The largest absolute Gasteiger partial charge is 0.485 e. The second-order valence-electron chi connectivity index (χ2n) is 4.49. The second kappa shape index (κ2) is 6.02. The first kappa shape index (κ1) is 13.8. The molecule has 0 aliphatic rings. The van der Waals surface area contributed by atoms with Gasteiger partial charge in [-0.25, -0.2) is 0 Å². The van der Waals surface area contributed by atoms with E-state index in [1.54, 1.807) is 12.1 Å². The highest BCUT2D eigenvalue weighted by atomic mass is 79.9. The van der Waals surface area contributed by atoms with Gasteiger partial charge < -0.3 is 4.74 Å². The van der Waals surface area contributed by atoms with Crippen LogP contribution in [-0.4, -0.2) is 12.4 Å². The predicted molar refractivity (Wildman–Crippen MR) is 79.9 cm³/mol. The molecule has 0 unspecified atom stereocenters. The lowest BCUT2D eigenvalue weighted by Gasteiger charge is -2.09. The Kier molecular flexibility index (Phi) is 4.38. The van der Waals surface area contributed by atoms with Crippen molar-refractivity contribution in [1.82, 2.24) is 0 Å². The van der Waals surface area contributed by atoms with Gasteiger partial charge in [0.1, 0.15) is 5.75 Å². The van der Waals surface area contributed by atoms with Gasteiger partial charge in [0.25, 0.3) is 0 Å². The number of rotatable bonds is 4. The van der Waals surface area contributed by atoms with Gasteiger partial charge in [-0.05, 0) is 37.6 Å². The molecule has 2 rings (SSSR count). The molecule has 0 amide bonds. The molecular formula is C16H15BrO2. The highest BCUT2D eigenvalue weighted by molar-refractivity contribution is 9.10. The van der Waals surface area contributed by atoms with E-state index in [0.29, 0.717) is 5.56 Å². The van der Waals surface area contributed by atoms with Gasteiger partial charge in [-0.15, -0.1) is 0 Å². The molecule has 0 saturated carbocycles. The van der Waals surface area contributed by atoms with Gasteiger partial charge >= 0.3 is 0 Å². The Bertz CT molecular complexity index is 605. The molecule has 0 aliphatic carbocycles. The van der Waals surface area contributed by atoms with Crippen molar-refractivity contribution < 1.29 is 9.53 Å². The number of halogens is 1. The van der Waals surface area contributed by atoms with Crippen LogP contribution in [0.5, 0.6) is 5.75 Å². The summed E-state index contributed by atoms with van der Waals surface area (Å²) in [6.45, 7) is 4.07. The Morgan fingerprint density at radius 1 is 1.16 bits per heavy atom. The van der Waals surface area contributed by atoms with Crippen LogP contribution >= 0.6 is 15.9 Å². The van der Waals surface area contributed by atoms with E-state index in [1.807, 2.05) is 44.2 Å². The molecule has 0 spiro atoms. The van der Waals surface area contributed by atoms with Crippen LogP contribution in [0, 0.1) is 13.8 Å². The number of Topliss-reactive ketones (excluding diaryl/α,β-unsaturated/α-hetero) is 1. The smallest absolute Gasteiger partial charge is 0.200 e. The van der Waals surface area contributed by atoms with Crippen molar-refractivity contribution in [3.8, 4) is 5.75 Å². The minimum Gasteiger partial charge on any atom is -0.485 e. The van der Waals surface area contributed by atoms with Gasteiger partial charge in [-0.3, -0.25) is 4.79 Å². The average Bonchev–Trinajstić information content (AvgIpc) is 2.37. The Hall–Kier alpha value is -1.61. The summed E-state index contributed by atoms with van der Waals surface area (Å²) in [6, 6.07) is 13.2. The van der Waals surface area contributed by atoms with Crippen LogP contribution in [0.2, 0.25) is 0 Å². The Labute approximate surface area is 121 Å². The van der Waals surface area contributed by atoms with Crippen LogP contribution in [0.4, 0.5) is 0 Å². The highest BCUT2D eigenvalue weighted by Gasteiger charge is 2.08. The van der Waals surface area contributed by atoms with Crippen molar-refractivity contribution in [2.24, 2.45) is 0 Å². The van der Waals surface area contributed by atoms with Crippen LogP contribution in [0.15, 0.2) is 46.9 Å². The van der Waals surface area contributed by atoms with E-state index in [1.165, 1.54) is 5.56 Å². The van der Waals surface area contributed by atoms with Gasteiger partial charge in [0.05, 0.1) is 0 Å². The molecule has 2 aromatic rings. The third-order valence-corrected chi connectivity index (χ3v) is 3.33. The fourth-order valence-corrected chi connectivity index (χ4v) is 2.25. The average molecular weight is 319 g/mol. The summed E-state index contributed by atoms with van der Waals surface area (Å²) in [4.78, 5) is 12.0. The summed E-state index contributed by atoms with van der Waals surface area (Å²) in [5, 5.41) is 0. The molecule has 98 valence electrons. The fraction of sp³-hybridized carbons (Fsp3) is 0.188. The lowest BCUT2D eigenvalue weighted by atomic mass is 10.1. The maximum absolute atomic E-state index is 12.0. The van der Waals surface area contributed by atoms with Crippen molar-refractivity contribution >= 4 is 21.7 Å². The normalized spacial score (nSPS) is 10.3. The van der Waals surface area contributed by atoms with E-state index in [9.17, 15) is 4.79 Å². The first-order valence-electron chi connectivity index (χ1n) is 6.05.